The van der Waals surface area contributed by atoms with Crippen LogP contribution in [0.15, 0.2) is 60.7 Å². The van der Waals surface area contributed by atoms with Gasteiger partial charge in [-0.3, -0.25) is 0 Å². The Bertz CT molecular complexity index is 818. The largest absolute Gasteiger partial charge is 0.206 e. The molecule has 0 atom stereocenters. The number of halogens is 2. The number of hydrogen-bond donors (Lipinski definition) is 0. The molecule has 2 heteroatoms. The molecule has 0 aliphatic carbocycles. The van der Waals surface area contributed by atoms with Gasteiger partial charge in [0.25, 0.3) is 0 Å². The van der Waals surface area contributed by atoms with Gasteiger partial charge in [-0.05, 0) is 42.7 Å². The molecule has 3 rings (SSSR count). The first-order valence-corrected chi connectivity index (χ1v) is 8.18. The van der Waals surface area contributed by atoms with Crippen molar-refractivity contribution >= 4 is 0 Å². The Hall–Kier alpha value is -2.48. The molecule has 0 amide bonds. The minimum atomic E-state index is -0.346. The molecule has 124 valence electrons. The second kappa shape index (κ2) is 7.87. The van der Waals surface area contributed by atoms with Crippen molar-refractivity contribution in [2.45, 2.75) is 27.7 Å². The van der Waals surface area contributed by atoms with Crippen LogP contribution in [-0.4, -0.2) is 0 Å². The molecule has 0 unspecified atom stereocenters. The highest BCUT2D eigenvalue weighted by Gasteiger charge is 2.10. The van der Waals surface area contributed by atoms with Gasteiger partial charge >= 0.3 is 0 Å². The van der Waals surface area contributed by atoms with Crippen LogP contribution in [-0.2, 0) is 0 Å². The van der Waals surface area contributed by atoms with Crippen LogP contribution in [0.1, 0.15) is 25.0 Å². The fourth-order valence-electron chi connectivity index (χ4n) is 2.50. The Morgan fingerprint density at radius 2 is 1.00 bits per heavy atom. The Kier molecular flexibility index (Phi) is 5.86. The molecule has 3 aromatic rings. The Morgan fingerprint density at radius 1 is 0.542 bits per heavy atom. The molecule has 0 heterocycles. The van der Waals surface area contributed by atoms with Crippen molar-refractivity contribution in [2.75, 3.05) is 0 Å². The molecule has 0 fully saturated rings. The van der Waals surface area contributed by atoms with Gasteiger partial charge in [0.15, 0.2) is 0 Å². The van der Waals surface area contributed by atoms with E-state index in [4.69, 9.17) is 0 Å². The van der Waals surface area contributed by atoms with Gasteiger partial charge in [-0.25, -0.2) is 8.78 Å². The predicted molar refractivity (Wildman–Crippen MR) is 98.1 cm³/mol. The molecule has 0 saturated heterocycles. The third kappa shape index (κ3) is 3.88. The number of benzene rings is 3. The molecule has 3 aromatic carbocycles. The second-order valence-electron chi connectivity index (χ2n) is 5.54. The summed E-state index contributed by atoms with van der Waals surface area (Å²) < 4.78 is 28.4. The lowest BCUT2D eigenvalue weighted by atomic mass is 9.98. The van der Waals surface area contributed by atoms with Gasteiger partial charge in [-0.15, -0.1) is 0 Å². The zero-order chi connectivity index (χ0) is 17.7. The summed E-state index contributed by atoms with van der Waals surface area (Å²) in [5.74, 6) is -0.677. The average molecular weight is 324 g/mol. The van der Waals surface area contributed by atoms with Crippen molar-refractivity contribution in [1.29, 1.82) is 0 Å². The molecule has 0 aliphatic heterocycles. The minimum Gasteiger partial charge on any atom is -0.206 e. The van der Waals surface area contributed by atoms with Gasteiger partial charge in [0.1, 0.15) is 11.6 Å². The molecule has 0 N–H and O–H groups in total. The highest BCUT2D eigenvalue weighted by atomic mass is 19.1. The molecular formula is C22H22F2. The van der Waals surface area contributed by atoms with Crippen molar-refractivity contribution in [3.05, 3.63) is 83.4 Å². The van der Waals surface area contributed by atoms with Crippen LogP contribution in [0.2, 0.25) is 0 Å². The van der Waals surface area contributed by atoms with E-state index in [1.807, 2.05) is 58.0 Å². The first kappa shape index (κ1) is 17.9. The fourth-order valence-corrected chi connectivity index (χ4v) is 2.50. The van der Waals surface area contributed by atoms with E-state index < -0.39 is 0 Å². The van der Waals surface area contributed by atoms with Crippen LogP contribution in [0, 0.1) is 25.5 Å². The van der Waals surface area contributed by atoms with E-state index in [2.05, 4.69) is 0 Å². The van der Waals surface area contributed by atoms with Crippen molar-refractivity contribution in [1.82, 2.24) is 0 Å². The lowest BCUT2D eigenvalue weighted by Gasteiger charge is -2.08. The van der Waals surface area contributed by atoms with E-state index >= 15 is 0 Å². The summed E-state index contributed by atoms with van der Waals surface area (Å²) in [7, 11) is 0. The lowest BCUT2D eigenvalue weighted by Crippen LogP contribution is -1.90. The van der Waals surface area contributed by atoms with E-state index in [0.717, 1.165) is 16.7 Å². The normalized spacial score (nSPS) is 10.1. The van der Waals surface area contributed by atoms with Crippen LogP contribution < -0.4 is 0 Å². The maximum Gasteiger partial charge on any atom is 0.131 e. The van der Waals surface area contributed by atoms with Gasteiger partial charge in [-0.2, -0.15) is 0 Å². The molecule has 0 aliphatic rings. The van der Waals surface area contributed by atoms with Gasteiger partial charge in [0, 0.05) is 11.1 Å². The highest BCUT2D eigenvalue weighted by molar-refractivity contribution is 5.71. The van der Waals surface area contributed by atoms with Crippen LogP contribution in [0.5, 0.6) is 0 Å². The number of aryl methyl sites for hydroxylation is 2. The lowest BCUT2D eigenvalue weighted by molar-refractivity contribution is 0.626. The molecule has 0 radical (unpaired) electrons. The highest BCUT2D eigenvalue weighted by Crippen LogP contribution is 2.29. The average Bonchev–Trinajstić information content (AvgIpc) is 2.58. The smallest absolute Gasteiger partial charge is 0.131 e. The topological polar surface area (TPSA) is 0 Å². The van der Waals surface area contributed by atoms with Crippen LogP contribution in [0.4, 0.5) is 8.78 Å². The van der Waals surface area contributed by atoms with E-state index in [1.54, 1.807) is 18.2 Å². The first-order valence-electron chi connectivity index (χ1n) is 8.18. The summed E-state index contributed by atoms with van der Waals surface area (Å²) in [5.41, 5.74) is 4.28. The maximum atomic E-state index is 14.4. The van der Waals surface area contributed by atoms with Gasteiger partial charge in [-0.1, -0.05) is 67.9 Å². The summed E-state index contributed by atoms with van der Waals surface area (Å²) in [6.07, 6.45) is 0. The zero-order valence-corrected chi connectivity index (χ0v) is 14.5. The summed E-state index contributed by atoms with van der Waals surface area (Å²) in [5, 5.41) is 0. The fraction of sp³-hybridized carbons (Fsp3) is 0.182. The van der Waals surface area contributed by atoms with Crippen molar-refractivity contribution < 1.29 is 8.78 Å². The maximum absolute atomic E-state index is 14.4. The third-order valence-corrected chi connectivity index (χ3v) is 3.77. The molecule has 0 nitrogen and oxygen atoms in total. The molecule has 0 saturated carbocycles. The Labute approximate surface area is 142 Å². The quantitative estimate of drug-likeness (QED) is 0.479. The van der Waals surface area contributed by atoms with Crippen molar-refractivity contribution in [2.24, 2.45) is 0 Å². The predicted octanol–water partition coefficient (Wildman–Crippen LogP) is 6.94. The number of rotatable bonds is 2. The summed E-state index contributed by atoms with van der Waals surface area (Å²) >= 11 is 0. The zero-order valence-electron chi connectivity index (χ0n) is 14.5. The monoisotopic (exact) mass is 324 g/mol. The van der Waals surface area contributed by atoms with Crippen LogP contribution in [0.3, 0.4) is 0 Å². The molecule has 24 heavy (non-hydrogen) atoms. The Morgan fingerprint density at radius 3 is 1.58 bits per heavy atom. The minimum absolute atomic E-state index is 0.331. The first-order chi connectivity index (χ1) is 11.5. The van der Waals surface area contributed by atoms with E-state index in [1.165, 1.54) is 12.1 Å². The molecule has 0 spiro atoms. The van der Waals surface area contributed by atoms with Crippen molar-refractivity contribution in [3.63, 3.8) is 0 Å². The van der Waals surface area contributed by atoms with Gasteiger partial charge in [0.05, 0.1) is 0 Å². The third-order valence-electron chi connectivity index (χ3n) is 3.77. The second-order valence-corrected chi connectivity index (χ2v) is 5.54. The standard InChI is InChI=1S/C20H16F2.C2H6/c1-13-3-6-15(7-4-13)17-10-8-16(12-20(17)22)18-9-5-14(2)11-19(18)21;1-2/h3-12H,1-2H3;1-2H3. The van der Waals surface area contributed by atoms with E-state index in [-0.39, 0.29) is 11.6 Å². The van der Waals surface area contributed by atoms with E-state index in [9.17, 15) is 8.78 Å². The SMILES string of the molecule is CC.Cc1ccc(-c2ccc(-c3ccc(C)cc3F)cc2F)cc1. The van der Waals surface area contributed by atoms with Gasteiger partial charge < -0.3 is 0 Å². The summed E-state index contributed by atoms with van der Waals surface area (Å²) in [6, 6.07) is 17.5. The summed E-state index contributed by atoms with van der Waals surface area (Å²) in [6.45, 7) is 7.82. The van der Waals surface area contributed by atoms with Crippen molar-refractivity contribution in [3.8, 4) is 22.3 Å². The van der Waals surface area contributed by atoms with Crippen LogP contribution >= 0.6 is 0 Å². The van der Waals surface area contributed by atoms with Gasteiger partial charge in [0.2, 0.25) is 0 Å². The molecule has 0 aromatic heterocycles. The molecular weight excluding hydrogens is 302 g/mol. The number of hydrogen-bond acceptors (Lipinski definition) is 0. The van der Waals surface area contributed by atoms with Crippen LogP contribution in [0.25, 0.3) is 22.3 Å². The Balaban J connectivity index is 0.00000100. The van der Waals surface area contributed by atoms with E-state index in [0.29, 0.717) is 16.7 Å². The molecule has 0 bridgehead atoms. The summed E-state index contributed by atoms with van der Waals surface area (Å²) in [4.78, 5) is 0.